The number of phenolic OH excluding ortho intramolecular Hbond substituents is 1. The Kier molecular flexibility index (Phi) is 7.71. The normalized spacial score (nSPS) is 30.7. The van der Waals surface area contributed by atoms with Crippen LogP contribution in [0.25, 0.3) is 0 Å². The number of ketones is 1. The van der Waals surface area contributed by atoms with Crippen molar-refractivity contribution in [2.45, 2.75) is 86.5 Å². The molecule has 0 amide bonds. The largest absolute Gasteiger partial charge is 0.508 e. The Hall–Kier alpha value is -1.57. The van der Waals surface area contributed by atoms with Gasteiger partial charge in [-0.25, -0.2) is 0 Å². The quantitative estimate of drug-likeness (QED) is 0.438. The molecule has 2 aliphatic rings. The van der Waals surface area contributed by atoms with Gasteiger partial charge in [-0.3, -0.25) is 4.79 Å². The molecule has 0 heterocycles. The maximum atomic E-state index is 13.0. The van der Waals surface area contributed by atoms with Gasteiger partial charge in [-0.2, -0.15) is 0 Å². The van der Waals surface area contributed by atoms with E-state index in [9.17, 15) is 9.90 Å². The summed E-state index contributed by atoms with van der Waals surface area (Å²) in [5.41, 5.74) is 2.67. The van der Waals surface area contributed by atoms with Gasteiger partial charge in [-0.15, -0.1) is 0 Å². The zero-order valence-corrected chi connectivity index (χ0v) is 20.7. The maximum absolute atomic E-state index is 13.0. The van der Waals surface area contributed by atoms with Gasteiger partial charge in [0.1, 0.15) is 11.5 Å². The fourth-order valence-corrected chi connectivity index (χ4v) is 6.87. The molecule has 31 heavy (non-hydrogen) atoms. The van der Waals surface area contributed by atoms with Crippen molar-refractivity contribution >= 4 is 5.78 Å². The second-order valence-corrected chi connectivity index (χ2v) is 11.1. The predicted octanol–water partition coefficient (Wildman–Crippen LogP) is 7.52. The maximum Gasteiger partial charge on any atom is 0.136 e. The van der Waals surface area contributed by atoms with E-state index in [-0.39, 0.29) is 11.3 Å². The van der Waals surface area contributed by atoms with Gasteiger partial charge in [-0.1, -0.05) is 52.8 Å². The number of carbonyl (C=O) groups is 1. The lowest BCUT2D eigenvalue weighted by Crippen LogP contribution is -2.43. The van der Waals surface area contributed by atoms with E-state index < -0.39 is 0 Å². The molecular weight excluding hydrogens is 380 g/mol. The molecule has 0 unspecified atom stereocenters. The third-order valence-corrected chi connectivity index (χ3v) is 8.97. The van der Waals surface area contributed by atoms with Crippen LogP contribution in [-0.2, 0) is 11.2 Å². The van der Waals surface area contributed by atoms with Crippen LogP contribution in [0.3, 0.4) is 0 Å². The molecule has 1 N–H and O–H groups in total. The van der Waals surface area contributed by atoms with E-state index in [1.54, 1.807) is 6.07 Å². The van der Waals surface area contributed by atoms with Crippen LogP contribution >= 0.6 is 0 Å². The number of allylic oxidation sites excluding steroid dienone is 2. The number of aryl methyl sites for hydroxylation is 2. The minimum atomic E-state index is 0.181. The van der Waals surface area contributed by atoms with E-state index in [4.69, 9.17) is 0 Å². The number of phenols is 1. The minimum Gasteiger partial charge on any atom is -0.508 e. The van der Waals surface area contributed by atoms with Crippen molar-refractivity contribution in [1.29, 1.82) is 0 Å². The first-order chi connectivity index (χ1) is 14.7. The number of carbonyl (C=O) groups excluding carboxylic acids is 1. The zero-order chi connectivity index (χ0) is 22.8. The molecule has 1 aromatic carbocycles. The molecule has 3 rings (SSSR count). The summed E-state index contributed by atoms with van der Waals surface area (Å²) in [6.45, 7) is 13.9. The summed E-state index contributed by atoms with van der Waals surface area (Å²) in [6.07, 6.45) is 12.2. The summed E-state index contributed by atoms with van der Waals surface area (Å²) >= 11 is 0. The molecule has 6 atom stereocenters. The molecule has 2 fully saturated rings. The van der Waals surface area contributed by atoms with Gasteiger partial charge in [-0.05, 0) is 104 Å². The molecule has 0 saturated heterocycles. The van der Waals surface area contributed by atoms with Gasteiger partial charge in [0.25, 0.3) is 0 Å². The van der Waals surface area contributed by atoms with Gasteiger partial charge >= 0.3 is 0 Å². The van der Waals surface area contributed by atoms with Crippen LogP contribution in [0.5, 0.6) is 5.75 Å². The van der Waals surface area contributed by atoms with Gasteiger partial charge in [0.05, 0.1) is 0 Å². The summed E-state index contributed by atoms with van der Waals surface area (Å²) in [5.74, 6) is 4.11. The average molecular weight is 425 g/mol. The van der Waals surface area contributed by atoms with Crippen molar-refractivity contribution in [3.05, 3.63) is 41.5 Å². The first-order valence-electron chi connectivity index (χ1n) is 12.7. The van der Waals surface area contributed by atoms with E-state index in [0.717, 1.165) is 25.7 Å². The molecule has 172 valence electrons. The Bertz CT molecular complexity index is 792. The van der Waals surface area contributed by atoms with Gasteiger partial charge in [0.15, 0.2) is 0 Å². The highest BCUT2D eigenvalue weighted by atomic mass is 16.3. The summed E-state index contributed by atoms with van der Waals surface area (Å²) in [6, 6.07) is 5.61. The standard InChI is InChI=1S/C29H44O2/c1-7-22(19(2)3)10-8-21(5)26-14-15-27-25(28(31)16-17-29(26,27)6)13-11-23-18-24(30)12-9-20(23)4/h8-10,12,18-19,21-22,25-27,30H,7,11,13-17H2,1-6H3/t21-,22-,25+,26-,27+,29-/m1/s1. The van der Waals surface area contributed by atoms with Crippen molar-refractivity contribution in [3.8, 4) is 5.75 Å². The smallest absolute Gasteiger partial charge is 0.136 e. The molecule has 2 heteroatoms. The lowest BCUT2D eigenvalue weighted by Gasteiger charge is -2.46. The monoisotopic (exact) mass is 424 g/mol. The molecular formula is C29H44O2. The summed E-state index contributed by atoms with van der Waals surface area (Å²) in [4.78, 5) is 13.0. The third-order valence-electron chi connectivity index (χ3n) is 8.97. The Morgan fingerprint density at radius 3 is 2.61 bits per heavy atom. The predicted molar refractivity (Wildman–Crippen MR) is 130 cm³/mol. The summed E-state index contributed by atoms with van der Waals surface area (Å²) in [5, 5.41) is 9.88. The molecule has 0 bridgehead atoms. The van der Waals surface area contributed by atoms with Crippen LogP contribution in [0, 0.1) is 47.8 Å². The number of aromatic hydroxyl groups is 1. The highest BCUT2D eigenvalue weighted by molar-refractivity contribution is 5.82. The Morgan fingerprint density at radius 1 is 1.19 bits per heavy atom. The lowest BCUT2D eigenvalue weighted by molar-refractivity contribution is -0.132. The SMILES string of the molecule is CC[C@H](C=C[C@@H](C)[C@H]1CC[C@H]2[C@H](CCc3cc(O)ccc3C)C(=O)CC[C@]12C)C(C)C. The number of benzene rings is 1. The Labute approximate surface area is 190 Å². The van der Waals surface area contributed by atoms with Crippen LogP contribution in [0.4, 0.5) is 0 Å². The number of hydrogen-bond acceptors (Lipinski definition) is 2. The van der Waals surface area contributed by atoms with Crippen LogP contribution in [0.2, 0.25) is 0 Å². The van der Waals surface area contributed by atoms with Gasteiger partial charge in [0.2, 0.25) is 0 Å². The Balaban J connectivity index is 1.72. The van der Waals surface area contributed by atoms with Crippen LogP contribution in [0.1, 0.15) is 84.3 Å². The van der Waals surface area contributed by atoms with Crippen molar-refractivity contribution < 1.29 is 9.90 Å². The lowest BCUT2D eigenvalue weighted by atomic mass is 9.58. The van der Waals surface area contributed by atoms with Crippen molar-refractivity contribution in [2.75, 3.05) is 0 Å². The number of hydrogen-bond donors (Lipinski definition) is 1. The van der Waals surface area contributed by atoms with Crippen LogP contribution in [0.15, 0.2) is 30.4 Å². The molecule has 0 radical (unpaired) electrons. The van der Waals surface area contributed by atoms with Crippen LogP contribution < -0.4 is 0 Å². The number of Topliss-reactive ketones (excluding diaryl/α,β-unsaturated/α-hetero) is 1. The van der Waals surface area contributed by atoms with Gasteiger partial charge in [0, 0.05) is 12.3 Å². The molecule has 2 saturated carbocycles. The second-order valence-electron chi connectivity index (χ2n) is 11.1. The molecule has 0 aliphatic heterocycles. The third kappa shape index (κ3) is 5.10. The van der Waals surface area contributed by atoms with E-state index in [1.807, 2.05) is 12.1 Å². The average Bonchev–Trinajstić information content (AvgIpc) is 3.07. The highest BCUT2D eigenvalue weighted by Gasteiger charge is 2.54. The molecule has 2 aliphatic carbocycles. The number of rotatable bonds is 8. The molecule has 0 spiro atoms. The second kappa shape index (κ2) is 9.92. The highest BCUT2D eigenvalue weighted by Crippen LogP contribution is 2.59. The topological polar surface area (TPSA) is 37.3 Å². The summed E-state index contributed by atoms with van der Waals surface area (Å²) in [7, 11) is 0. The van der Waals surface area contributed by atoms with E-state index >= 15 is 0 Å². The first kappa shape index (κ1) is 24.1. The zero-order valence-electron chi connectivity index (χ0n) is 20.7. The summed E-state index contributed by atoms with van der Waals surface area (Å²) < 4.78 is 0. The van der Waals surface area contributed by atoms with Crippen molar-refractivity contribution in [1.82, 2.24) is 0 Å². The molecule has 2 nitrogen and oxygen atoms in total. The van der Waals surface area contributed by atoms with Crippen molar-refractivity contribution in [2.24, 2.45) is 40.9 Å². The number of fused-ring (bicyclic) bond motifs is 1. The Morgan fingerprint density at radius 2 is 1.94 bits per heavy atom. The molecule has 0 aromatic heterocycles. The molecule has 1 aromatic rings. The van der Waals surface area contributed by atoms with Crippen molar-refractivity contribution in [3.63, 3.8) is 0 Å². The minimum absolute atomic E-state index is 0.181. The fourth-order valence-electron chi connectivity index (χ4n) is 6.87. The van der Waals surface area contributed by atoms with E-state index in [1.165, 1.54) is 30.4 Å². The first-order valence-corrected chi connectivity index (χ1v) is 12.7. The fraction of sp³-hybridized carbons (Fsp3) is 0.690. The van der Waals surface area contributed by atoms with E-state index in [2.05, 4.69) is 53.7 Å². The van der Waals surface area contributed by atoms with Gasteiger partial charge < -0.3 is 5.11 Å². The van der Waals surface area contributed by atoms with E-state index in [0.29, 0.717) is 41.1 Å². The van der Waals surface area contributed by atoms with Crippen LogP contribution in [-0.4, -0.2) is 10.9 Å².